The van der Waals surface area contributed by atoms with Gasteiger partial charge in [-0.25, -0.2) is 4.99 Å². The molecule has 0 radical (unpaired) electrons. The summed E-state index contributed by atoms with van der Waals surface area (Å²) in [5.41, 5.74) is 10.3. The first kappa shape index (κ1) is 15.9. The molecular weight excluding hydrogens is 274 g/mol. The zero-order valence-corrected chi connectivity index (χ0v) is 13.4. The highest BCUT2D eigenvalue weighted by molar-refractivity contribution is 5.92. The van der Waals surface area contributed by atoms with E-state index < -0.39 is 0 Å². The van der Waals surface area contributed by atoms with Crippen LogP contribution >= 0.6 is 0 Å². The van der Waals surface area contributed by atoms with Crippen molar-refractivity contribution in [2.75, 3.05) is 11.9 Å². The second-order valence-electron chi connectivity index (χ2n) is 5.24. The molecule has 0 saturated heterocycles. The van der Waals surface area contributed by atoms with Gasteiger partial charge in [0.05, 0.1) is 13.2 Å². The molecule has 0 aliphatic rings. The van der Waals surface area contributed by atoms with Gasteiger partial charge in [0.25, 0.3) is 0 Å². The van der Waals surface area contributed by atoms with E-state index in [9.17, 15) is 0 Å². The highest BCUT2D eigenvalue weighted by Gasteiger charge is 2.02. The molecule has 22 heavy (non-hydrogen) atoms. The third-order valence-corrected chi connectivity index (χ3v) is 3.19. The molecule has 0 atom stereocenters. The van der Waals surface area contributed by atoms with Gasteiger partial charge in [-0.3, -0.25) is 0 Å². The molecule has 2 aromatic carbocycles. The summed E-state index contributed by atoms with van der Waals surface area (Å²) in [6, 6.07) is 14.1. The van der Waals surface area contributed by atoms with Crippen molar-refractivity contribution in [3.8, 4) is 5.75 Å². The largest absolute Gasteiger partial charge is 0.494 e. The van der Waals surface area contributed by atoms with Gasteiger partial charge in [-0.1, -0.05) is 24.3 Å². The number of para-hydroxylation sites is 1. The number of nitrogens with one attached hydrogen (secondary N) is 1. The molecule has 0 amide bonds. The van der Waals surface area contributed by atoms with E-state index in [1.54, 1.807) is 0 Å². The number of aryl methyl sites for hydroxylation is 2. The summed E-state index contributed by atoms with van der Waals surface area (Å²) in [5, 5.41) is 3.13. The van der Waals surface area contributed by atoms with Crippen LogP contribution in [0.15, 0.2) is 47.5 Å². The molecule has 0 saturated carbocycles. The molecule has 0 aliphatic heterocycles. The second kappa shape index (κ2) is 7.50. The second-order valence-corrected chi connectivity index (χ2v) is 5.24. The van der Waals surface area contributed by atoms with Gasteiger partial charge in [0.1, 0.15) is 5.75 Å². The smallest absolute Gasteiger partial charge is 0.193 e. The summed E-state index contributed by atoms with van der Waals surface area (Å²) < 4.78 is 5.59. The minimum atomic E-state index is 0.399. The molecule has 0 aromatic heterocycles. The zero-order chi connectivity index (χ0) is 15.9. The van der Waals surface area contributed by atoms with Crippen LogP contribution in [0, 0.1) is 13.8 Å². The van der Waals surface area contributed by atoms with Crippen molar-refractivity contribution in [3.05, 3.63) is 59.2 Å². The Balaban J connectivity index is 2.06. The predicted octanol–water partition coefficient (Wildman–Crippen LogP) is 3.63. The van der Waals surface area contributed by atoms with Crippen LogP contribution in [-0.4, -0.2) is 12.6 Å². The Morgan fingerprint density at radius 3 is 2.50 bits per heavy atom. The van der Waals surface area contributed by atoms with Crippen molar-refractivity contribution in [2.24, 2.45) is 10.7 Å². The van der Waals surface area contributed by atoms with E-state index in [1.807, 2.05) is 43.3 Å². The number of anilines is 1. The highest BCUT2D eigenvalue weighted by atomic mass is 16.5. The maximum absolute atomic E-state index is 5.98. The van der Waals surface area contributed by atoms with Crippen molar-refractivity contribution >= 4 is 11.6 Å². The van der Waals surface area contributed by atoms with Crippen LogP contribution in [-0.2, 0) is 6.54 Å². The Hall–Kier alpha value is -2.49. The molecule has 2 rings (SSSR count). The third kappa shape index (κ3) is 4.52. The lowest BCUT2D eigenvalue weighted by Gasteiger charge is -2.10. The van der Waals surface area contributed by atoms with E-state index in [0.717, 1.165) is 17.0 Å². The molecule has 0 bridgehead atoms. The summed E-state index contributed by atoms with van der Waals surface area (Å²) in [7, 11) is 0. The fourth-order valence-corrected chi connectivity index (χ4v) is 2.34. The minimum Gasteiger partial charge on any atom is -0.494 e. The number of nitrogens with zero attached hydrogens (tertiary/aromatic N) is 1. The van der Waals surface area contributed by atoms with E-state index in [0.29, 0.717) is 19.1 Å². The lowest BCUT2D eigenvalue weighted by molar-refractivity contribution is 0.336. The van der Waals surface area contributed by atoms with Gasteiger partial charge in [-0.15, -0.1) is 0 Å². The minimum absolute atomic E-state index is 0.399. The molecule has 3 N–H and O–H groups in total. The van der Waals surface area contributed by atoms with Crippen molar-refractivity contribution in [1.82, 2.24) is 0 Å². The number of ether oxygens (including phenoxy) is 1. The van der Waals surface area contributed by atoms with Gasteiger partial charge < -0.3 is 15.8 Å². The summed E-state index contributed by atoms with van der Waals surface area (Å²) in [5.74, 6) is 1.25. The average molecular weight is 297 g/mol. The molecule has 2 aromatic rings. The van der Waals surface area contributed by atoms with Crippen molar-refractivity contribution in [2.45, 2.75) is 27.3 Å². The predicted molar refractivity (Wildman–Crippen MR) is 92.5 cm³/mol. The van der Waals surface area contributed by atoms with Crippen LogP contribution in [0.3, 0.4) is 0 Å². The Morgan fingerprint density at radius 2 is 1.82 bits per heavy atom. The molecule has 0 heterocycles. The van der Waals surface area contributed by atoms with Crippen molar-refractivity contribution in [3.63, 3.8) is 0 Å². The summed E-state index contributed by atoms with van der Waals surface area (Å²) >= 11 is 0. The first-order valence-corrected chi connectivity index (χ1v) is 7.44. The van der Waals surface area contributed by atoms with E-state index in [-0.39, 0.29) is 0 Å². The van der Waals surface area contributed by atoms with Crippen molar-refractivity contribution < 1.29 is 4.74 Å². The topological polar surface area (TPSA) is 59.6 Å². The molecule has 4 nitrogen and oxygen atoms in total. The number of nitrogens with two attached hydrogens (primary N) is 1. The van der Waals surface area contributed by atoms with Gasteiger partial charge >= 0.3 is 0 Å². The lowest BCUT2D eigenvalue weighted by Crippen LogP contribution is -2.22. The lowest BCUT2D eigenvalue weighted by atomic mass is 10.1. The van der Waals surface area contributed by atoms with E-state index in [2.05, 4.69) is 30.2 Å². The first-order valence-electron chi connectivity index (χ1n) is 7.44. The molecule has 0 fully saturated rings. The molecule has 0 aliphatic carbocycles. The fourth-order valence-electron chi connectivity index (χ4n) is 2.34. The standard InChI is InChI=1S/C18H23N3O/c1-4-22-17-8-6-5-7-15(17)12-20-18(19)21-16-10-13(2)9-14(3)11-16/h5-11H,4,12H2,1-3H3,(H3,19,20,21). The van der Waals surface area contributed by atoms with E-state index >= 15 is 0 Å². The van der Waals surface area contributed by atoms with Gasteiger partial charge in [-0.05, 0) is 50.1 Å². The van der Waals surface area contributed by atoms with E-state index in [1.165, 1.54) is 11.1 Å². The van der Waals surface area contributed by atoms with Crippen LogP contribution < -0.4 is 15.8 Å². The first-order chi connectivity index (χ1) is 10.6. The van der Waals surface area contributed by atoms with Gasteiger partial charge in [0.15, 0.2) is 5.96 Å². The van der Waals surface area contributed by atoms with Crippen LogP contribution in [0.5, 0.6) is 5.75 Å². The molecule has 4 heteroatoms. The number of hydrogen-bond donors (Lipinski definition) is 2. The number of benzene rings is 2. The van der Waals surface area contributed by atoms with Gasteiger partial charge in [0.2, 0.25) is 0 Å². The quantitative estimate of drug-likeness (QED) is 0.654. The average Bonchev–Trinajstić information content (AvgIpc) is 2.45. The SMILES string of the molecule is CCOc1ccccc1CN=C(N)Nc1cc(C)cc(C)c1. The highest BCUT2D eigenvalue weighted by Crippen LogP contribution is 2.19. The zero-order valence-electron chi connectivity index (χ0n) is 13.4. The molecular formula is C18H23N3O. The van der Waals surface area contributed by atoms with Crippen LogP contribution in [0.4, 0.5) is 5.69 Å². The Bertz CT molecular complexity index is 645. The Morgan fingerprint density at radius 1 is 1.14 bits per heavy atom. The van der Waals surface area contributed by atoms with Crippen LogP contribution in [0.2, 0.25) is 0 Å². The molecule has 116 valence electrons. The van der Waals surface area contributed by atoms with Crippen LogP contribution in [0.25, 0.3) is 0 Å². The fraction of sp³-hybridized carbons (Fsp3) is 0.278. The van der Waals surface area contributed by atoms with Crippen LogP contribution in [0.1, 0.15) is 23.6 Å². The summed E-state index contributed by atoms with van der Waals surface area (Å²) in [6.45, 7) is 7.21. The summed E-state index contributed by atoms with van der Waals surface area (Å²) in [6.07, 6.45) is 0. The van der Waals surface area contributed by atoms with Crippen molar-refractivity contribution in [1.29, 1.82) is 0 Å². The number of rotatable bonds is 5. The Kier molecular flexibility index (Phi) is 5.42. The van der Waals surface area contributed by atoms with Gasteiger partial charge in [-0.2, -0.15) is 0 Å². The monoisotopic (exact) mass is 297 g/mol. The number of aliphatic imine (C=N–C) groups is 1. The molecule has 0 spiro atoms. The maximum atomic E-state index is 5.98. The maximum Gasteiger partial charge on any atom is 0.193 e. The summed E-state index contributed by atoms with van der Waals surface area (Å²) in [4.78, 5) is 4.40. The normalized spacial score (nSPS) is 11.3. The number of hydrogen-bond acceptors (Lipinski definition) is 2. The van der Waals surface area contributed by atoms with Gasteiger partial charge in [0, 0.05) is 11.3 Å². The number of guanidine groups is 1. The Labute approximate surface area is 132 Å². The van der Waals surface area contributed by atoms with E-state index in [4.69, 9.17) is 10.5 Å². The molecule has 0 unspecified atom stereocenters. The third-order valence-electron chi connectivity index (χ3n) is 3.19.